The molecular formula is C27H20IrNO3-. The number of carbonyl (C=O) groups is 2. The summed E-state index contributed by atoms with van der Waals surface area (Å²) in [5, 5.41) is 9.31. The average Bonchev–Trinajstić information content (AvgIpc) is 2.77. The summed E-state index contributed by atoms with van der Waals surface area (Å²) in [5.41, 5.74) is 6.21. The number of ketones is 2. The molecule has 0 spiro atoms. The molecule has 32 heavy (non-hydrogen) atoms. The number of aromatic nitrogens is 1. The third kappa shape index (κ3) is 4.59. The standard InChI is InChI=1S/C22H12NO.C5H8O2.Ir/c24-22-16-10-5-4-9-15(16)18-13-20(14-7-2-1-3-8-14)23-19-12-6-11-17(22)21(18)19;1-4(6)3-5(2)7;/h1-7,9-13H;3,6H,1-2H3;/q-1;;/b;4-3-;. The molecule has 0 fully saturated rings. The average molecular weight is 599 g/mol. The Labute approximate surface area is 200 Å². The smallest absolute Gasteiger partial charge is 0.194 e. The van der Waals surface area contributed by atoms with Gasteiger partial charge in [-0.3, -0.25) is 14.6 Å². The number of aliphatic hydroxyl groups excluding tert-OH is 1. The molecule has 3 aromatic carbocycles. The van der Waals surface area contributed by atoms with Crippen molar-refractivity contribution in [1.82, 2.24) is 4.98 Å². The van der Waals surface area contributed by atoms with Crippen LogP contribution in [0.5, 0.6) is 0 Å². The fourth-order valence-electron chi connectivity index (χ4n) is 3.73. The predicted molar refractivity (Wildman–Crippen MR) is 122 cm³/mol. The number of aliphatic hydroxyl groups is 1. The van der Waals surface area contributed by atoms with Gasteiger partial charge in [0.25, 0.3) is 0 Å². The molecule has 1 radical (unpaired) electrons. The molecule has 0 atom stereocenters. The van der Waals surface area contributed by atoms with Crippen molar-refractivity contribution in [3.63, 3.8) is 0 Å². The normalized spacial score (nSPS) is 11.7. The van der Waals surface area contributed by atoms with Gasteiger partial charge in [0.05, 0.1) is 11.3 Å². The van der Waals surface area contributed by atoms with E-state index in [1.165, 1.54) is 19.9 Å². The molecule has 5 rings (SSSR count). The zero-order valence-corrected chi connectivity index (χ0v) is 19.9. The van der Waals surface area contributed by atoms with Gasteiger partial charge in [-0.15, -0.1) is 35.9 Å². The first kappa shape index (κ1) is 23.3. The molecule has 0 saturated carbocycles. The van der Waals surface area contributed by atoms with E-state index in [9.17, 15) is 9.59 Å². The summed E-state index contributed by atoms with van der Waals surface area (Å²) in [7, 11) is 0. The van der Waals surface area contributed by atoms with E-state index in [1.54, 1.807) is 0 Å². The van der Waals surface area contributed by atoms with Crippen LogP contribution in [0.2, 0.25) is 0 Å². The molecule has 1 heterocycles. The second-order valence-electron chi connectivity index (χ2n) is 7.30. The summed E-state index contributed by atoms with van der Waals surface area (Å²) in [5.74, 6) is 0.0111. The molecule has 0 unspecified atom stereocenters. The van der Waals surface area contributed by atoms with Gasteiger partial charge in [-0.25, -0.2) is 0 Å². The minimum Gasteiger partial charge on any atom is -0.512 e. The fourth-order valence-corrected chi connectivity index (χ4v) is 3.73. The summed E-state index contributed by atoms with van der Waals surface area (Å²) < 4.78 is 0. The summed E-state index contributed by atoms with van der Waals surface area (Å²) in [6, 6.07) is 26.7. The minimum absolute atomic E-state index is 0. The molecule has 1 aromatic heterocycles. The summed E-state index contributed by atoms with van der Waals surface area (Å²) in [6.45, 7) is 2.85. The number of nitrogens with zero attached hydrogens (tertiary/aromatic N) is 1. The van der Waals surface area contributed by atoms with Gasteiger partial charge in [0.2, 0.25) is 0 Å². The van der Waals surface area contributed by atoms with Crippen molar-refractivity contribution in [1.29, 1.82) is 0 Å². The van der Waals surface area contributed by atoms with Crippen molar-refractivity contribution in [2.45, 2.75) is 13.8 Å². The van der Waals surface area contributed by atoms with E-state index >= 15 is 0 Å². The monoisotopic (exact) mass is 599 g/mol. The molecular weight excluding hydrogens is 579 g/mol. The van der Waals surface area contributed by atoms with Crippen molar-refractivity contribution in [2.24, 2.45) is 0 Å². The van der Waals surface area contributed by atoms with Gasteiger partial charge in [-0.2, -0.15) is 0 Å². The molecule has 0 amide bonds. The molecule has 0 saturated heterocycles. The van der Waals surface area contributed by atoms with E-state index in [1.807, 2.05) is 66.7 Å². The molecule has 161 valence electrons. The topological polar surface area (TPSA) is 67.3 Å². The van der Waals surface area contributed by atoms with Gasteiger partial charge in [0.1, 0.15) is 0 Å². The number of fused-ring (bicyclic) bond motifs is 2. The number of benzene rings is 3. The van der Waals surface area contributed by atoms with Crippen LogP contribution in [0.3, 0.4) is 0 Å². The fraction of sp³-hybridized carbons (Fsp3) is 0.0741. The maximum absolute atomic E-state index is 12.8. The van der Waals surface area contributed by atoms with Crippen LogP contribution >= 0.6 is 0 Å². The first-order chi connectivity index (χ1) is 15.0. The zero-order valence-electron chi connectivity index (χ0n) is 17.5. The van der Waals surface area contributed by atoms with Crippen LogP contribution in [-0.4, -0.2) is 21.7 Å². The maximum Gasteiger partial charge on any atom is 0.194 e. The molecule has 1 aliphatic rings. The van der Waals surface area contributed by atoms with Gasteiger partial charge in [-0.05, 0) is 36.7 Å². The van der Waals surface area contributed by atoms with Gasteiger partial charge in [0.15, 0.2) is 11.6 Å². The third-order valence-corrected chi connectivity index (χ3v) is 4.94. The molecule has 0 bridgehead atoms. The Morgan fingerprint density at radius 2 is 1.59 bits per heavy atom. The van der Waals surface area contributed by atoms with Crippen LogP contribution in [0.25, 0.3) is 33.3 Å². The van der Waals surface area contributed by atoms with Crippen molar-refractivity contribution in [3.8, 4) is 22.4 Å². The molecule has 1 N–H and O–H groups in total. The van der Waals surface area contributed by atoms with Crippen molar-refractivity contribution < 1.29 is 34.8 Å². The number of hydrogen-bond donors (Lipinski definition) is 1. The quantitative estimate of drug-likeness (QED) is 0.155. The number of carbonyl (C=O) groups excluding carboxylic acids is 2. The number of hydrogen-bond acceptors (Lipinski definition) is 4. The van der Waals surface area contributed by atoms with E-state index in [0.717, 1.165) is 44.4 Å². The molecule has 0 aliphatic heterocycles. The zero-order chi connectivity index (χ0) is 22.0. The van der Waals surface area contributed by atoms with Gasteiger partial charge in [0, 0.05) is 42.7 Å². The first-order valence-corrected chi connectivity index (χ1v) is 9.88. The SMILES string of the molecule is CC(=O)/C=C(/C)O.O=C1c2ccccc2-c2cc(-c3[c-]cccc3)nc3cccc1c23.[Ir]. The van der Waals surface area contributed by atoms with Crippen LogP contribution in [-0.2, 0) is 24.9 Å². The number of pyridine rings is 1. The van der Waals surface area contributed by atoms with Gasteiger partial charge < -0.3 is 5.11 Å². The van der Waals surface area contributed by atoms with Gasteiger partial charge >= 0.3 is 0 Å². The molecule has 5 heteroatoms. The Balaban J connectivity index is 0.000000318. The van der Waals surface area contributed by atoms with Crippen LogP contribution in [0.4, 0.5) is 0 Å². The Hall–Kier alpha value is -3.40. The summed E-state index contributed by atoms with van der Waals surface area (Å²) >= 11 is 0. The maximum atomic E-state index is 12.8. The summed E-state index contributed by atoms with van der Waals surface area (Å²) in [4.78, 5) is 27.6. The van der Waals surface area contributed by atoms with Crippen LogP contribution in [0, 0.1) is 6.07 Å². The van der Waals surface area contributed by atoms with Crippen LogP contribution in [0.1, 0.15) is 29.8 Å². The second-order valence-corrected chi connectivity index (χ2v) is 7.30. The Morgan fingerprint density at radius 3 is 2.22 bits per heavy atom. The van der Waals surface area contributed by atoms with E-state index in [-0.39, 0.29) is 37.4 Å². The largest absolute Gasteiger partial charge is 0.512 e. The predicted octanol–water partition coefficient (Wildman–Crippen LogP) is 5.95. The number of rotatable bonds is 2. The van der Waals surface area contributed by atoms with E-state index in [4.69, 9.17) is 10.1 Å². The Kier molecular flexibility index (Phi) is 7.14. The Morgan fingerprint density at radius 1 is 0.906 bits per heavy atom. The Bertz CT molecular complexity index is 1340. The van der Waals surface area contributed by atoms with Crippen molar-refractivity contribution in [2.75, 3.05) is 0 Å². The van der Waals surface area contributed by atoms with Gasteiger partial charge in [-0.1, -0.05) is 42.5 Å². The third-order valence-electron chi connectivity index (χ3n) is 4.94. The van der Waals surface area contributed by atoms with Crippen molar-refractivity contribution in [3.05, 3.63) is 102 Å². The molecule has 4 aromatic rings. The molecule has 1 aliphatic carbocycles. The van der Waals surface area contributed by atoms with Crippen LogP contribution in [0.15, 0.2) is 84.6 Å². The van der Waals surface area contributed by atoms with Crippen molar-refractivity contribution >= 4 is 22.5 Å². The molecule has 4 nitrogen and oxygen atoms in total. The van der Waals surface area contributed by atoms with Crippen LogP contribution < -0.4 is 0 Å². The summed E-state index contributed by atoms with van der Waals surface area (Å²) in [6.07, 6.45) is 1.17. The van der Waals surface area contributed by atoms with E-state index in [0.29, 0.717) is 0 Å². The second kappa shape index (κ2) is 9.82. The number of allylic oxidation sites excluding steroid dienone is 2. The first-order valence-electron chi connectivity index (χ1n) is 9.88. The van der Waals surface area contributed by atoms with E-state index < -0.39 is 0 Å². The van der Waals surface area contributed by atoms with E-state index in [2.05, 4.69) is 12.1 Å². The minimum atomic E-state index is -0.125.